The standard InChI is InChI=1S/C21H35N5O4/c1-15(2)20(28)25-9-6-21(7-10-25)12-17(19-23-16(3)24-30-19)26(14-21)13-18(27)22-8-5-11-29-4/h15,17H,5-14H2,1-4H3,(H,22,27). The number of methoxy groups -OCH3 is 1. The molecule has 2 aliphatic heterocycles. The Labute approximate surface area is 178 Å². The molecule has 2 fully saturated rings. The molecule has 3 heterocycles. The number of nitrogens with one attached hydrogen (secondary N) is 1. The molecule has 1 aromatic heterocycles. The lowest BCUT2D eigenvalue weighted by Crippen LogP contribution is -2.46. The van der Waals surface area contributed by atoms with E-state index in [0.29, 0.717) is 31.4 Å². The van der Waals surface area contributed by atoms with E-state index in [0.717, 1.165) is 45.3 Å². The van der Waals surface area contributed by atoms with Crippen molar-refractivity contribution in [3.05, 3.63) is 11.7 Å². The molecule has 3 rings (SSSR count). The maximum Gasteiger partial charge on any atom is 0.244 e. The molecular formula is C21H35N5O4. The van der Waals surface area contributed by atoms with Gasteiger partial charge in [-0.3, -0.25) is 14.5 Å². The van der Waals surface area contributed by atoms with Gasteiger partial charge in [0.25, 0.3) is 0 Å². The minimum absolute atomic E-state index is 0.00295. The SMILES string of the molecule is COCCCNC(=O)CN1CC2(CCN(C(=O)C(C)C)CC2)CC1c1nc(C)no1. The van der Waals surface area contributed by atoms with Crippen LogP contribution in [0.4, 0.5) is 0 Å². The smallest absolute Gasteiger partial charge is 0.244 e. The van der Waals surface area contributed by atoms with Crippen LogP contribution in [0.25, 0.3) is 0 Å². The number of piperidine rings is 1. The molecule has 1 N–H and O–H groups in total. The summed E-state index contributed by atoms with van der Waals surface area (Å²) in [4.78, 5) is 33.5. The van der Waals surface area contributed by atoms with Crippen LogP contribution in [0.2, 0.25) is 0 Å². The van der Waals surface area contributed by atoms with E-state index in [-0.39, 0.29) is 29.2 Å². The van der Waals surface area contributed by atoms with Crippen LogP contribution in [0.5, 0.6) is 0 Å². The molecule has 0 aromatic carbocycles. The third-order valence-corrected chi connectivity index (χ3v) is 6.26. The minimum atomic E-state index is -0.0664. The van der Waals surface area contributed by atoms with Crippen LogP contribution in [0.15, 0.2) is 4.52 Å². The summed E-state index contributed by atoms with van der Waals surface area (Å²) in [5.74, 6) is 1.43. The van der Waals surface area contributed by atoms with E-state index in [2.05, 4.69) is 20.4 Å². The Balaban J connectivity index is 1.65. The molecule has 2 saturated heterocycles. The van der Waals surface area contributed by atoms with Crippen LogP contribution in [-0.4, -0.2) is 78.2 Å². The Morgan fingerprint density at radius 2 is 2.07 bits per heavy atom. The van der Waals surface area contributed by atoms with E-state index in [1.807, 2.05) is 18.7 Å². The predicted molar refractivity (Wildman–Crippen MR) is 111 cm³/mol. The average molecular weight is 422 g/mol. The van der Waals surface area contributed by atoms with Crippen LogP contribution < -0.4 is 5.32 Å². The molecule has 30 heavy (non-hydrogen) atoms. The second-order valence-corrected chi connectivity index (χ2v) is 8.98. The quantitative estimate of drug-likeness (QED) is 0.636. The Bertz CT molecular complexity index is 727. The fourth-order valence-corrected chi connectivity index (χ4v) is 4.62. The van der Waals surface area contributed by atoms with Gasteiger partial charge in [0.15, 0.2) is 5.82 Å². The van der Waals surface area contributed by atoms with Crippen molar-refractivity contribution in [1.29, 1.82) is 0 Å². The summed E-state index contributed by atoms with van der Waals surface area (Å²) in [6.07, 6.45) is 3.52. The number of likely N-dealkylation sites (tertiary alicyclic amines) is 2. The van der Waals surface area contributed by atoms with Crippen molar-refractivity contribution in [2.24, 2.45) is 11.3 Å². The Morgan fingerprint density at radius 1 is 1.33 bits per heavy atom. The van der Waals surface area contributed by atoms with Crippen LogP contribution in [0.1, 0.15) is 57.3 Å². The highest BCUT2D eigenvalue weighted by Crippen LogP contribution is 2.48. The molecule has 0 radical (unpaired) electrons. The van der Waals surface area contributed by atoms with E-state index in [1.165, 1.54) is 0 Å². The monoisotopic (exact) mass is 421 g/mol. The number of hydrogen-bond acceptors (Lipinski definition) is 7. The van der Waals surface area contributed by atoms with Crippen LogP contribution in [0, 0.1) is 18.3 Å². The summed E-state index contributed by atoms with van der Waals surface area (Å²) in [6.45, 7) is 9.56. The molecule has 2 aliphatic rings. The lowest BCUT2D eigenvalue weighted by molar-refractivity contribution is -0.136. The Morgan fingerprint density at radius 3 is 2.67 bits per heavy atom. The summed E-state index contributed by atoms with van der Waals surface area (Å²) in [6, 6.07) is -0.0664. The zero-order chi connectivity index (χ0) is 21.7. The van der Waals surface area contributed by atoms with Gasteiger partial charge in [0.2, 0.25) is 17.7 Å². The van der Waals surface area contributed by atoms with Crippen molar-refractivity contribution in [2.45, 2.75) is 52.5 Å². The van der Waals surface area contributed by atoms with Crippen molar-refractivity contribution in [3.8, 4) is 0 Å². The summed E-state index contributed by atoms with van der Waals surface area (Å²) >= 11 is 0. The van der Waals surface area contributed by atoms with Gasteiger partial charge in [0.05, 0.1) is 12.6 Å². The third-order valence-electron chi connectivity index (χ3n) is 6.26. The number of aryl methyl sites for hydroxylation is 1. The van der Waals surface area contributed by atoms with Gasteiger partial charge >= 0.3 is 0 Å². The zero-order valence-electron chi connectivity index (χ0n) is 18.6. The summed E-state index contributed by atoms with van der Waals surface area (Å²) in [7, 11) is 1.66. The van der Waals surface area contributed by atoms with Crippen molar-refractivity contribution in [2.75, 3.05) is 46.4 Å². The molecule has 0 bridgehead atoms. The molecule has 9 heteroatoms. The molecular weight excluding hydrogens is 386 g/mol. The highest BCUT2D eigenvalue weighted by atomic mass is 16.5. The number of hydrogen-bond donors (Lipinski definition) is 1. The van der Waals surface area contributed by atoms with Crippen LogP contribution in [-0.2, 0) is 14.3 Å². The fourth-order valence-electron chi connectivity index (χ4n) is 4.62. The van der Waals surface area contributed by atoms with E-state index in [4.69, 9.17) is 9.26 Å². The Kier molecular flexibility index (Phi) is 7.46. The molecule has 9 nitrogen and oxygen atoms in total. The number of carbonyl (C=O) groups is 2. The molecule has 168 valence electrons. The van der Waals surface area contributed by atoms with Gasteiger partial charge in [-0.15, -0.1) is 0 Å². The largest absolute Gasteiger partial charge is 0.385 e. The number of amides is 2. The summed E-state index contributed by atoms with van der Waals surface area (Å²) < 4.78 is 10.5. The molecule has 0 saturated carbocycles. The minimum Gasteiger partial charge on any atom is -0.385 e. The molecule has 0 aliphatic carbocycles. The summed E-state index contributed by atoms with van der Waals surface area (Å²) in [5, 5.41) is 6.92. The van der Waals surface area contributed by atoms with E-state index in [9.17, 15) is 9.59 Å². The van der Waals surface area contributed by atoms with Crippen LogP contribution >= 0.6 is 0 Å². The number of carbonyl (C=O) groups excluding carboxylic acids is 2. The van der Waals surface area contributed by atoms with Crippen molar-refractivity contribution in [1.82, 2.24) is 25.3 Å². The van der Waals surface area contributed by atoms with E-state index < -0.39 is 0 Å². The Hall–Kier alpha value is -2.00. The van der Waals surface area contributed by atoms with Crippen LogP contribution in [0.3, 0.4) is 0 Å². The van der Waals surface area contributed by atoms with Crippen molar-refractivity contribution in [3.63, 3.8) is 0 Å². The van der Waals surface area contributed by atoms with Crippen molar-refractivity contribution >= 4 is 11.8 Å². The molecule has 2 amide bonds. The lowest BCUT2D eigenvalue weighted by Gasteiger charge is -2.40. The number of nitrogens with zero attached hydrogens (tertiary/aromatic N) is 4. The average Bonchev–Trinajstić information content (AvgIpc) is 3.29. The number of aromatic nitrogens is 2. The van der Waals surface area contributed by atoms with E-state index >= 15 is 0 Å². The fraction of sp³-hybridized carbons (Fsp3) is 0.810. The molecule has 1 atom stereocenters. The first kappa shape index (κ1) is 22.7. The van der Waals surface area contributed by atoms with Gasteiger partial charge in [0.1, 0.15) is 0 Å². The normalized spacial score (nSPS) is 21.5. The van der Waals surface area contributed by atoms with E-state index in [1.54, 1.807) is 14.0 Å². The lowest BCUT2D eigenvalue weighted by atomic mass is 9.76. The number of rotatable bonds is 8. The number of ether oxygens (including phenoxy) is 1. The molecule has 1 aromatic rings. The van der Waals surface area contributed by atoms with Gasteiger partial charge < -0.3 is 19.5 Å². The first-order valence-corrected chi connectivity index (χ1v) is 10.9. The molecule has 1 spiro atoms. The first-order valence-electron chi connectivity index (χ1n) is 10.9. The highest BCUT2D eigenvalue weighted by molar-refractivity contribution is 5.78. The topological polar surface area (TPSA) is 101 Å². The van der Waals surface area contributed by atoms with Gasteiger partial charge in [0, 0.05) is 45.8 Å². The highest BCUT2D eigenvalue weighted by Gasteiger charge is 2.48. The third kappa shape index (κ3) is 5.37. The van der Waals surface area contributed by atoms with Gasteiger partial charge in [-0.25, -0.2) is 0 Å². The maximum atomic E-state index is 12.5. The zero-order valence-corrected chi connectivity index (χ0v) is 18.6. The van der Waals surface area contributed by atoms with Gasteiger partial charge in [-0.1, -0.05) is 19.0 Å². The predicted octanol–water partition coefficient (Wildman–Crippen LogP) is 1.54. The second kappa shape index (κ2) is 9.87. The van der Waals surface area contributed by atoms with Gasteiger partial charge in [-0.05, 0) is 38.0 Å². The van der Waals surface area contributed by atoms with Crippen molar-refractivity contribution < 1.29 is 18.8 Å². The molecule has 1 unspecified atom stereocenters. The first-order chi connectivity index (χ1) is 14.3. The second-order valence-electron chi connectivity index (χ2n) is 8.98. The maximum absolute atomic E-state index is 12.5. The van der Waals surface area contributed by atoms with Gasteiger partial charge in [-0.2, -0.15) is 4.98 Å². The summed E-state index contributed by atoms with van der Waals surface area (Å²) in [5.41, 5.74) is 0.0666.